The summed E-state index contributed by atoms with van der Waals surface area (Å²) in [5.41, 5.74) is 3.36. The third kappa shape index (κ3) is 8.21. The van der Waals surface area contributed by atoms with Crippen molar-refractivity contribution in [2.75, 3.05) is 37.2 Å². The number of para-hydroxylation sites is 1. The molecule has 0 aromatic heterocycles. The molecule has 0 aliphatic carbocycles. The number of hydrogen-bond donors (Lipinski definition) is 3. The molecule has 0 bridgehead atoms. The SMILES string of the molecule is CCCC[C@]1(CC)CN(c2ccccc2)c2cc(SC)c(OC[C@@H](NC(c3ccccc3)(c3ccccc3)c3ccccc3)C(=O)OC)cc2S(O)(O)C1. The zero-order chi connectivity index (χ0) is 38.2. The first-order chi connectivity index (χ1) is 26.2. The highest BCUT2D eigenvalue weighted by molar-refractivity contribution is 8.24. The molecule has 9 heteroatoms. The molecule has 3 N–H and O–H groups in total. The Morgan fingerprint density at radius 2 is 1.41 bits per heavy atom. The Labute approximate surface area is 326 Å². The Hall–Kier alpha value is -4.25. The lowest BCUT2D eigenvalue weighted by Crippen LogP contribution is -2.55. The van der Waals surface area contributed by atoms with E-state index >= 15 is 0 Å². The number of carbonyl (C=O) groups excluding carboxylic acids is 1. The van der Waals surface area contributed by atoms with E-state index in [-0.39, 0.29) is 17.8 Å². The molecule has 6 rings (SSSR count). The van der Waals surface area contributed by atoms with Crippen molar-refractivity contribution in [3.05, 3.63) is 150 Å². The maximum Gasteiger partial charge on any atom is 0.326 e. The molecule has 2 atom stereocenters. The van der Waals surface area contributed by atoms with Crippen molar-refractivity contribution in [3.8, 4) is 5.75 Å². The fourth-order valence-corrected chi connectivity index (χ4v) is 10.5. The molecule has 1 heterocycles. The van der Waals surface area contributed by atoms with Gasteiger partial charge in [-0.3, -0.25) is 19.2 Å². The molecule has 0 fully saturated rings. The van der Waals surface area contributed by atoms with Crippen LogP contribution < -0.4 is 15.0 Å². The van der Waals surface area contributed by atoms with Crippen molar-refractivity contribution in [2.45, 2.75) is 60.9 Å². The van der Waals surface area contributed by atoms with Gasteiger partial charge in [0.05, 0.1) is 28.1 Å². The second kappa shape index (κ2) is 17.5. The molecule has 7 nitrogen and oxygen atoms in total. The lowest BCUT2D eigenvalue weighted by atomic mass is 9.76. The molecule has 1 aliphatic heterocycles. The Morgan fingerprint density at radius 1 is 0.870 bits per heavy atom. The Bertz CT molecular complexity index is 1870. The van der Waals surface area contributed by atoms with Crippen molar-refractivity contribution in [1.29, 1.82) is 0 Å². The molecule has 5 aromatic carbocycles. The van der Waals surface area contributed by atoms with Crippen LogP contribution in [-0.2, 0) is 15.1 Å². The Kier molecular flexibility index (Phi) is 12.8. The van der Waals surface area contributed by atoms with Crippen LogP contribution in [0.25, 0.3) is 0 Å². The van der Waals surface area contributed by atoms with Gasteiger partial charge in [0.15, 0.2) is 0 Å². The molecule has 5 aromatic rings. The first-order valence-corrected chi connectivity index (χ1v) is 21.6. The molecular formula is C45H52N2O5S2. The van der Waals surface area contributed by atoms with E-state index in [2.05, 4.69) is 72.6 Å². The largest absolute Gasteiger partial charge is 0.490 e. The van der Waals surface area contributed by atoms with Gasteiger partial charge in [-0.05, 0) is 54.0 Å². The number of nitrogens with zero attached hydrogens (tertiary/aromatic N) is 1. The number of hydrogen-bond acceptors (Lipinski definition) is 8. The standard InChI is InChI=1S/C45H52N2O5S2/c1-5-7-28-44(6-2)32-47(37-26-18-11-19-27-37)39-29-41(53-4)40(30-42(39)54(49,50)33-44)52-31-38(43(48)51-3)46-45(34-20-12-8-13-21-34,35-22-14-9-15-23-35)36-24-16-10-17-25-36/h8-27,29-30,38,46,49-50H,5-7,28,31-33H2,1-4H3/t38-,44-/m1/s1. The number of methoxy groups -OCH3 is 1. The Balaban J connectivity index is 1.44. The average molecular weight is 765 g/mol. The molecule has 0 saturated heterocycles. The van der Waals surface area contributed by atoms with E-state index in [0.29, 0.717) is 17.2 Å². The number of nitrogens with one attached hydrogen (secondary N) is 1. The maximum atomic E-state index is 13.8. The van der Waals surface area contributed by atoms with Crippen LogP contribution in [0.2, 0.25) is 0 Å². The highest BCUT2D eigenvalue weighted by Crippen LogP contribution is 2.62. The van der Waals surface area contributed by atoms with Gasteiger partial charge in [-0.25, -0.2) is 0 Å². The van der Waals surface area contributed by atoms with Crippen molar-refractivity contribution < 1.29 is 23.4 Å². The van der Waals surface area contributed by atoms with Crippen LogP contribution in [0.15, 0.2) is 143 Å². The van der Waals surface area contributed by atoms with Gasteiger partial charge < -0.3 is 14.4 Å². The number of thioether (sulfide) groups is 1. The zero-order valence-corrected chi connectivity index (χ0v) is 33.2. The van der Waals surface area contributed by atoms with E-state index in [1.165, 1.54) is 18.9 Å². The van der Waals surface area contributed by atoms with Crippen molar-refractivity contribution >= 4 is 39.7 Å². The normalized spacial score (nSPS) is 17.9. The molecule has 284 valence electrons. The van der Waals surface area contributed by atoms with Gasteiger partial charge in [-0.1, -0.05) is 136 Å². The minimum absolute atomic E-state index is 0.0791. The first-order valence-electron chi connectivity index (χ1n) is 18.7. The number of esters is 1. The van der Waals surface area contributed by atoms with Gasteiger partial charge in [-0.2, -0.15) is 10.6 Å². The summed E-state index contributed by atoms with van der Waals surface area (Å²) in [5, 5.41) is 3.72. The average Bonchev–Trinajstić information content (AvgIpc) is 3.32. The summed E-state index contributed by atoms with van der Waals surface area (Å²) >= 11 is 1.52. The number of carbonyl (C=O) groups is 1. The van der Waals surface area contributed by atoms with Crippen LogP contribution in [0.3, 0.4) is 0 Å². The first kappa shape index (κ1) is 39.4. The molecule has 0 spiro atoms. The number of anilines is 2. The molecule has 0 radical (unpaired) electrons. The van der Waals surface area contributed by atoms with Crippen LogP contribution in [0.1, 0.15) is 56.2 Å². The summed E-state index contributed by atoms with van der Waals surface area (Å²) in [5.74, 6) is 0.267. The van der Waals surface area contributed by atoms with Gasteiger partial charge in [0.1, 0.15) is 18.4 Å². The highest BCUT2D eigenvalue weighted by Gasteiger charge is 2.43. The molecule has 0 saturated carbocycles. The van der Waals surface area contributed by atoms with E-state index in [1.54, 1.807) is 6.07 Å². The van der Waals surface area contributed by atoms with Crippen LogP contribution in [0.4, 0.5) is 11.4 Å². The van der Waals surface area contributed by atoms with Crippen LogP contribution >= 0.6 is 22.4 Å². The van der Waals surface area contributed by atoms with E-state index in [4.69, 9.17) is 9.47 Å². The smallest absolute Gasteiger partial charge is 0.326 e. The van der Waals surface area contributed by atoms with Crippen LogP contribution in [0, 0.1) is 5.41 Å². The highest BCUT2D eigenvalue weighted by atomic mass is 32.3. The number of fused-ring (bicyclic) bond motifs is 1. The van der Waals surface area contributed by atoms with Gasteiger partial charge in [-0.15, -0.1) is 11.8 Å². The summed E-state index contributed by atoms with van der Waals surface area (Å²) in [4.78, 5) is 17.3. The topological polar surface area (TPSA) is 91.3 Å². The predicted octanol–water partition coefficient (Wildman–Crippen LogP) is 10.8. The van der Waals surface area contributed by atoms with Crippen molar-refractivity contribution in [1.82, 2.24) is 5.32 Å². The third-order valence-electron chi connectivity index (χ3n) is 10.7. The molecule has 0 amide bonds. The fourth-order valence-electron chi connectivity index (χ4n) is 7.74. The van der Waals surface area contributed by atoms with Gasteiger partial charge in [0.2, 0.25) is 0 Å². The lowest BCUT2D eigenvalue weighted by Gasteiger charge is -2.41. The molecule has 0 unspecified atom stereocenters. The van der Waals surface area contributed by atoms with E-state index in [9.17, 15) is 13.9 Å². The fraction of sp³-hybridized carbons (Fsp3) is 0.311. The minimum atomic E-state index is -3.25. The summed E-state index contributed by atoms with van der Waals surface area (Å²) in [7, 11) is -1.87. The monoisotopic (exact) mass is 764 g/mol. The summed E-state index contributed by atoms with van der Waals surface area (Å²) < 4.78 is 36.3. The van der Waals surface area contributed by atoms with Crippen molar-refractivity contribution in [2.24, 2.45) is 5.41 Å². The lowest BCUT2D eigenvalue weighted by molar-refractivity contribution is -0.144. The quantitative estimate of drug-likeness (QED) is 0.0551. The minimum Gasteiger partial charge on any atom is -0.490 e. The number of unbranched alkanes of at least 4 members (excludes halogenated alkanes) is 1. The predicted molar refractivity (Wildman–Crippen MR) is 224 cm³/mol. The second-order valence-corrected chi connectivity index (χ2v) is 16.9. The number of benzene rings is 5. The van der Waals surface area contributed by atoms with Gasteiger partial charge in [0.25, 0.3) is 0 Å². The van der Waals surface area contributed by atoms with Gasteiger partial charge in [0, 0.05) is 29.5 Å². The second-order valence-electron chi connectivity index (χ2n) is 14.0. The third-order valence-corrected chi connectivity index (χ3v) is 13.5. The van der Waals surface area contributed by atoms with Gasteiger partial charge >= 0.3 is 5.97 Å². The van der Waals surface area contributed by atoms with E-state index < -0.39 is 28.1 Å². The van der Waals surface area contributed by atoms with E-state index in [1.807, 2.05) is 85.1 Å². The summed E-state index contributed by atoms with van der Waals surface area (Å²) in [6.07, 6.45) is 5.73. The maximum absolute atomic E-state index is 13.8. The summed E-state index contributed by atoms with van der Waals surface area (Å²) in [6, 6.07) is 43.3. The van der Waals surface area contributed by atoms with Crippen molar-refractivity contribution in [3.63, 3.8) is 0 Å². The molecular weight excluding hydrogens is 713 g/mol. The van der Waals surface area contributed by atoms with Crippen LogP contribution in [0.5, 0.6) is 5.75 Å². The molecule has 54 heavy (non-hydrogen) atoms. The number of rotatable bonds is 15. The van der Waals surface area contributed by atoms with E-state index in [0.717, 1.165) is 58.6 Å². The Morgan fingerprint density at radius 3 is 1.89 bits per heavy atom. The molecule has 1 aliphatic rings. The number of ether oxygens (including phenoxy) is 2. The summed E-state index contributed by atoms with van der Waals surface area (Å²) in [6.45, 7) is 4.92. The zero-order valence-electron chi connectivity index (χ0n) is 31.6. The van der Waals surface area contributed by atoms with Crippen LogP contribution in [-0.4, -0.2) is 53.4 Å².